The third-order valence-corrected chi connectivity index (χ3v) is 7.78. The maximum absolute atomic E-state index is 5.10. The first-order chi connectivity index (χ1) is 23.3. The lowest BCUT2D eigenvalue weighted by molar-refractivity contribution is 0.966. The van der Waals surface area contributed by atoms with E-state index in [1.807, 2.05) is 150 Å². The normalized spacial score (nSPS) is 11.0. The number of rotatable bonds is 7. The second kappa shape index (κ2) is 12.4. The van der Waals surface area contributed by atoms with E-state index < -0.39 is 0 Å². The number of aromatic nitrogens is 6. The highest BCUT2D eigenvalue weighted by Gasteiger charge is 2.25. The standard InChI is InChI=1S/C40H27N7/c1-5-17-29(18-6-1)35-41-36(30-19-7-2-8-20-30)44-39(43-35)47(34-27-15-25-28-16-13-14-26-33(28)34)40-45-37(31-21-9-3-10-22-31)42-38(46-40)32-23-11-4-12-24-32/h1-27H. The summed E-state index contributed by atoms with van der Waals surface area (Å²) in [6, 6.07) is 54.2. The summed E-state index contributed by atoms with van der Waals surface area (Å²) in [5.74, 6) is 2.94. The monoisotopic (exact) mass is 605 g/mol. The lowest BCUT2D eigenvalue weighted by Gasteiger charge is -2.24. The summed E-state index contributed by atoms with van der Waals surface area (Å²) in [5.41, 5.74) is 4.32. The molecule has 222 valence electrons. The van der Waals surface area contributed by atoms with Crippen LogP contribution in [-0.2, 0) is 0 Å². The Morgan fingerprint density at radius 2 is 0.638 bits per heavy atom. The summed E-state index contributed by atoms with van der Waals surface area (Å²) in [5, 5.41) is 2.07. The Balaban J connectivity index is 1.44. The van der Waals surface area contributed by atoms with Crippen LogP contribution in [0.5, 0.6) is 0 Å². The Hall–Kier alpha value is -6.60. The van der Waals surface area contributed by atoms with Gasteiger partial charge >= 0.3 is 0 Å². The van der Waals surface area contributed by atoms with Gasteiger partial charge in [-0.2, -0.15) is 19.9 Å². The van der Waals surface area contributed by atoms with Crippen molar-refractivity contribution in [3.63, 3.8) is 0 Å². The quantitative estimate of drug-likeness (QED) is 0.179. The van der Waals surface area contributed by atoms with E-state index in [2.05, 4.69) is 18.2 Å². The van der Waals surface area contributed by atoms with E-state index in [1.165, 1.54) is 0 Å². The molecule has 8 rings (SSSR count). The van der Waals surface area contributed by atoms with Gasteiger partial charge < -0.3 is 0 Å². The fourth-order valence-electron chi connectivity index (χ4n) is 5.50. The maximum atomic E-state index is 5.10. The summed E-state index contributed by atoms with van der Waals surface area (Å²) in [6.07, 6.45) is 0. The van der Waals surface area contributed by atoms with Gasteiger partial charge in [0.15, 0.2) is 23.3 Å². The van der Waals surface area contributed by atoms with Crippen molar-refractivity contribution in [3.05, 3.63) is 164 Å². The van der Waals surface area contributed by atoms with E-state index in [0.29, 0.717) is 35.2 Å². The van der Waals surface area contributed by atoms with Crippen LogP contribution in [0.4, 0.5) is 17.6 Å². The second-order valence-electron chi connectivity index (χ2n) is 10.9. The fourth-order valence-corrected chi connectivity index (χ4v) is 5.50. The Kier molecular flexibility index (Phi) is 7.38. The lowest BCUT2D eigenvalue weighted by Crippen LogP contribution is -2.19. The third kappa shape index (κ3) is 5.69. The van der Waals surface area contributed by atoms with Gasteiger partial charge in [-0.3, -0.25) is 0 Å². The van der Waals surface area contributed by atoms with E-state index in [1.54, 1.807) is 0 Å². The molecule has 2 aromatic heterocycles. The van der Waals surface area contributed by atoms with Crippen LogP contribution in [-0.4, -0.2) is 29.9 Å². The number of anilines is 3. The Labute approximate surface area is 272 Å². The van der Waals surface area contributed by atoms with Gasteiger partial charge in [0.25, 0.3) is 0 Å². The predicted molar refractivity (Wildman–Crippen MR) is 187 cm³/mol. The Morgan fingerprint density at radius 3 is 1.04 bits per heavy atom. The topological polar surface area (TPSA) is 80.6 Å². The molecule has 7 heteroatoms. The van der Waals surface area contributed by atoms with E-state index in [9.17, 15) is 0 Å². The molecule has 0 atom stereocenters. The fraction of sp³-hybridized carbons (Fsp3) is 0. The van der Waals surface area contributed by atoms with E-state index in [-0.39, 0.29) is 0 Å². The molecule has 0 bridgehead atoms. The molecule has 8 aromatic rings. The van der Waals surface area contributed by atoms with Gasteiger partial charge in [0, 0.05) is 27.6 Å². The molecule has 0 N–H and O–H groups in total. The van der Waals surface area contributed by atoms with Gasteiger partial charge in [-0.05, 0) is 11.5 Å². The minimum atomic E-state index is 0.387. The molecule has 0 saturated heterocycles. The average Bonchev–Trinajstić information content (AvgIpc) is 3.16. The van der Waals surface area contributed by atoms with Crippen LogP contribution >= 0.6 is 0 Å². The summed E-state index contributed by atoms with van der Waals surface area (Å²) in [4.78, 5) is 32.2. The van der Waals surface area contributed by atoms with E-state index in [0.717, 1.165) is 38.7 Å². The van der Waals surface area contributed by atoms with E-state index >= 15 is 0 Å². The molecule has 0 fully saturated rings. The molecule has 2 heterocycles. The molecule has 0 aliphatic rings. The summed E-state index contributed by atoms with van der Waals surface area (Å²) in [6.45, 7) is 0. The second-order valence-corrected chi connectivity index (χ2v) is 10.9. The Bertz CT molecular complexity index is 2050. The van der Waals surface area contributed by atoms with Crippen molar-refractivity contribution in [2.45, 2.75) is 0 Å². The van der Waals surface area contributed by atoms with Crippen molar-refractivity contribution in [2.24, 2.45) is 0 Å². The first-order valence-electron chi connectivity index (χ1n) is 15.3. The smallest absolute Gasteiger partial charge is 0.241 e. The lowest BCUT2D eigenvalue weighted by atomic mass is 10.1. The first-order valence-corrected chi connectivity index (χ1v) is 15.3. The molecule has 47 heavy (non-hydrogen) atoms. The van der Waals surface area contributed by atoms with Crippen molar-refractivity contribution in [3.8, 4) is 45.6 Å². The SMILES string of the molecule is c1ccc(-c2nc(-c3ccccc3)nc(N(c3nc(-c4ccccc4)nc(-c4ccccc4)n3)c3cccc4ccccc34)n2)cc1. The van der Waals surface area contributed by atoms with Gasteiger partial charge in [-0.15, -0.1) is 0 Å². The molecule has 0 unspecified atom stereocenters. The van der Waals surface area contributed by atoms with Crippen molar-refractivity contribution < 1.29 is 0 Å². The van der Waals surface area contributed by atoms with Gasteiger partial charge in [0.1, 0.15) is 0 Å². The molecule has 0 aliphatic carbocycles. The van der Waals surface area contributed by atoms with Crippen LogP contribution < -0.4 is 4.90 Å². The maximum Gasteiger partial charge on any atom is 0.241 e. The van der Waals surface area contributed by atoms with E-state index in [4.69, 9.17) is 29.9 Å². The molecular formula is C40H27N7. The highest BCUT2D eigenvalue weighted by Crippen LogP contribution is 2.38. The largest absolute Gasteiger partial charge is 0.246 e. The van der Waals surface area contributed by atoms with Crippen LogP contribution in [0.3, 0.4) is 0 Å². The average molecular weight is 606 g/mol. The molecule has 6 aromatic carbocycles. The number of hydrogen-bond acceptors (Lipinski definition) is 7. The molecule has 0 radical (unpaired) electrons. The summed E-state index contributed by atoms with van der Waals surface area (Å²) >= 11 is 0. The number of hydrogen-bond donors (Lipinski definition) is 0. The van der Waals surface area contributed by atoms with Crippen molar-refractivity contribution in [1.29, 1.82) is 0 Å². The van der Waals surface area contributed by atoms with Crippen LogP contribution in [0.15, 0.2) is 164 Å². The molecule has 7 nitrogen and oxygen atoms in total. The van der Waals surface area contributed by atoms with Crippen molar-refractivity contribution >= 4 is 28.4 Å². The van der Waals surface area contributed by atoms with Crippen LogP contribution in [0.2, 0.25) is 0 Å². The van der Waals surface area contributed by atoms with Crippen LogP contribution in [0, 0.1) is 0 Å². The van der Waals surface area contributed by atoms with Crippen LogP contribution in [0.25, 0.3) is 56.3 Å². The number of benzene rings is 6. The summed E-state index contributed by atoms with van der Waals surface area (Å²) < 4.78 is 0. The Morgan fingerprint density at radius 1 is 0.298 bits per heavy atom. The number of fused-ring (bicyclic) bond motifs is 1. The third-order valence-electron chi connectivity index (χ3n) is 7.78. The van der Waals surface area contributed by atoms with Crippen molar-refractivity contribution in [1.82, 2.24) is 29.9 Å². The summed E-state index contributed by atoms with van der Waals surface area (Å²) in [7, 11) is 0. The molecule has 0 spiro atoms. The molecular weight excluding hydrogens is 578 g/mol. The van der Waals surface area contributed by atoms with Gasteiger partial charge in [-0.1, -0.05) is 158 Å². The predicted octanol–water partition coefficient (Wildman–Crippen LogP) is 9.35. The zero-order chi connectivity index (χ0) is 31.4. The highest BCUT2D eigenvalue weighted by molar-refractivity contribution is 5.97. The molecule has 0 aliphatic heterocycles. The van der Waals surface area contributed by atoms with Gasteiger partial charge in [-0.25, -0.2) is 14.9 Å². The number of nitrogens with zero attached hydrogens (tertiary/aromatic N) is 7. The van der Waals surface area contributed by atoms with Crippen LogP contribution in [0.1, 0.15) is 0 Å². The highest BCUT2D eigenvalue weighted by atomic mass is 15.4. The zero-order valence-corrected chi connectivity index (χ0v) is 25.2. The van der Waals surface area contributed by atoms with Gasteiger partial charge in [0.2, 0.25) is 11.9 Å². The van der Waals surface area contributed by atoms with Crippen molar-refractivity contribution in [2.75, 3.05) is 4.90 Å². The first kappa shape index (κ1) is 27.9. The van der Waals surface area contributed by atoms with Gasteiger partial charge in [0.05, 0.1) is 5.69 Å². The molecule has 0 saturated carbocycles. The minimum Gasteiger partial charge on any atom is -0.246 e. The minimum absolute atomic E-state index is 0.387. The molecule has 0 amide bonds. The zero-order valence-electron chi connectivity index (χ0n) is 25.2.